The summed E-state index contributed by atoms with van der Waals surface area (Å²) in [7, 11) is 0. The minimum atomic E-state index is 0.266. The van der Waals surface area contributed by atoms with E-state index >= 15 is 0 Å². The van der Waals surface area contributed by atoms with Gasteiger partial charge in [0, 0.05) is 12.5 Å². The van der Waals surface area contributed by atoms with E-state index in [-0.39, 0.29) is 5.92 Å². The number of hydrogen-bond donors (Lipinski definition) is 1. The molecule has 2 N–H and O–H groups in total. The number of nitrogens with two attached hydrogens (primary N) is 1. The highest BCUT2D eigenvalue weighted by molar-refractivity contribution is 5.68. The molecule has 2 aromatic heterocycles. The first-order valence-electron chi connectivity index (χ1n) is 6.40. The van der Waals surface area contributed by atoms with Crippen LogP contribution in [0.1, 0.15) is 32.5 Å². The first-order valence-corrected chi connectivity index (χ1v) is 6.40. The van der Waals surface area contributed by atoms with Crippen LogP contribution >= 0.6 is 0 Å². The van der Waals surface area contributed by atoms with Crippen LogP contribution in [0.15, 0.2) is 12.5 Å². The lowest BCUT2D eigenvalue weighted by Crippen LogP contribution is -2.07. The maximum absolute atomic E-state index is 6.21. The van der Waals surface area contributed by atoms with Gasteiger partial charge in [0.15, 0.2) is 0 Å². The molecule has 0 aromatic carbocycles. The number of imidazole rings is 2. The van der Waals surface area contributed by atoms with E-state index in [1.54, 1.807) is 12.5 Å². The third-order valence-corrected chi connectivity index (χ3v) is 3.10. The third kappa shape index (κ3) is 2.22. The van der Waals surface area contributed by atoms with Crippen LogP contribution in [0.25, 0.3) is 11.4 Å². The molecule has 0 aliphatic heterocycles. The van der Waals surface area contributed by atoms with E-state index in [4.69, 9.17) is 12.2 Å². The largest absolute Gasteiger partial charge is 0.383 e. The molecule has 0 aliphatic carbocycles. The number of nitrogens with zero attached hydrogens (tertiary/aromatic N) is 4. The average Bonchev–Trinajstić information content (AvgIpc) is 2.95. The summed E-state index contributed by atoms with van der Waals surface area (Å²) >= 11 is 0. The highest BCUT2D eigenvalue weighted by Crippen LogP contribution is 2.29. The van der Waals surface area contributed by atoms with Gasteiger partial charge < -0.3 is 14.9 Å². The number of aromatic nitrogens is 4. The lowest BCUT2D eigenvalue weighted by molar-refractivity contribution is 0.691. The zero-order chi connectivity index (χ0) is 14.0. The second kappa shape index (κ2) is 5.19. The van der Waals surface area contributed by atoms with Crippen LogP contribution in [0.3, 0.4) is 0 Å². The molecule has 19 heavy (non-hydrogen) atoms. The van der Waals surface area contributed by atoms with Crippen LogP contribution in [0.5, 0.6) is 0 Å². The highest BCUT2D eigenvalue weighted by atomic mass is 15.2. The molecule has 0 fully saturated rings. The van der Waals surface area contributed by atoms with E-state index in [0.29, 0.717) is 12.4 Å². The van der Waals surface area contributed by atoms with E-state index in [1.165, 1.54) is 0 Å². The van der Waals surface area contributed by atoms with Crippen molar-refractivity contribution in [2.45, 2.75) is 39.8 Å². The molecule has 0 radical (unpaired) electrons. The molecule has 2 heterocycles. The number of rotatable bonds is 4. The summed E-state index contributed by atoms with van der Waals surface area (Å²) in [5.41, 5.74) is 7.90. The predicted molar refractivity (Wildman–Crippen MR) is 76.5 cm³/mol. The molecule has 2 aromatic rings. The number of anilines is 1. The molecular weight excluding hydrogens is 238 g/mol. The Balaban J connectivity index is 2.60. The first kappa shape index (κ1) is 13.2. The van der Waals surface area contributed by atoms with Crippen LogP contribution in [-0.4, -0.2) is 19.1 Å². The zero-order valence-electron chi connectivity index (χ0n) is 11.6. The number of terminal acetylenes is 1. The molecule has 2 rings (SSSR count). The summed E-state index contributed by atoms with van der Waals surface area (Å²) in [6, 6.07) is 0. The smallest absolute Gasteiger partial charge is 0.134 e. The highest BCUT2D eigenvalue weighted by Gasteiger charge is 2.19. The van der Waals surface area contributed by atoms with E-state index in [9.17, 15) is 0 Å². The minimum absolute atomic E-state index is 0.266. The van der Waals surface area contributed by atoms with Crippen LogP contribution < -0.4 is 5.73 Å². The van der Waals surface area contributed by atoms with Gasteiger partial charge in [0.05, 0.1) is 24.8 Å². The Bertz CT molecular complexity index is 612. The quantitative estimate of drug-likeness (QED) is 0.853. The van der Waals surface area contributed by atoms with Gasteiger partial charge in [-0.1, -0.05) is 19.8 Å². The molecular formula is C14H19N5. The van der Waals surface area contributed by atoms with Crippen molar-refractivity contribution in [1.29, 1.82) is 0 Å². The fourth-order valence-electron chi connectivity index (χ4n) is 2.14. The van der Waals surface area contributed by atoms with Gasteiger partial charge in [-0.05, 0) is 6.92 Å². The van der Waals surface area contributed by atoms with E-state index in [2.05, 4.69) is 36.7 Å². The van der Waals surface area contributed by atoms with Crippen molar-refractivity contribution in [2.75, 3.05) is 5.73 Å². The van der Waals surface area contributed by atoms with Gasteiger partial charge in [0.25, 0.3) is 0 Å². The van der Waals surface area contributed by atoms with Crippen molar-refractivity contribution in [1.82, 2.24) is 19.1 Å². The summed E-state index contributed by atoms with van der Waals surface area (Å²) in [4.78, 5) is 8.82. The number of aryl methyl sites for hydroxylation is 1. The van der Waals surface area contributed by atoms with Crippen LogP contribution in [-0.2, 0) is 13.1 Å². The Morgan fingerprint density at radius 2 is 2.21 bits per heavy atom. The molecule has 5 nitrogen and oxygen atoms in total. The Morgan fingerprint density at radius 3 is 2.79 bits per heavy atom. The summed E-state index contributed by atoms with van der Waals surface area (Å²) in [6.45, 7) is 7.48. The standard InChI is InChI=1S/C14H19N5/c1-5-7-19-13(15)12(17-14(19)10(3)4)11-8-16-9-18(11)6-2/h1,8-10H,6-7,15H2,2-4H3. The van der Waals surface area contributed by atoms with Gasteiger partial charge in [0.2, 0.25) is 0 Å². The van der Waals surface area contributed by atoms with Gasteiger partial charge in [-0.2, -0.15) is 0 Å². The van der Waals surface area contributed by atoms with Crippen LogP contribution in [0, 0.1) is 12.3 Å². The second-order valence-electron chi connectivity index (χ2n) is 4.71. The summed E-state index contributed by atoms with van der Waals surface area (Å²) < 4.78 is 3.91. The third-order valence-electron chi connectivity index (χ3n) is 3.10. The van der Waals surface area contributed by atoms with Crippen molar-refractivity contribution in [3.8, 4) is 23.7 Å². The summed E-state index contributed by atoms with van der Waals surface area (Å²) in [5, 5.41) is 0. The monoisotopic (exact) mass is 257 g/mol. The van der Waals surface area contributed by atoms with Crippen molar-refractivity contribution >= 4 is 5.82 Å². The molecule has 0 amide bonds. The number of hydrogen-bond acceptors (Lipinski definition) is 3. The van der Waals surface area contributed by atoms with Gasteiger partial charge in [-0.25, -0.2) is 9.97 Å². The molecule has 5 heteroatoms. The van der Waals surface area contributed by atoms with Gasteiger partial charge >= 0.3 is 0 Å². The maximum atomic E-state index is 6.21. The molecule has 100 valence electrons. The van der Waals surface area contributed by atoms with Crippen molar-refractivity contribution in [3.05, 3.63) is 18.3 Å². The Morgan fingerprint density at radius 1 is 1.47 bits per heavy atom. The topological polar surface area (TPSA) is 61.7 Å². The lowest BCUT2D eigenvalue weighted by atomic mass is 10.2. The van der Waals surface area contributed by atoms with Crippen molar-refractivity contribution in [2.24, 2.45) is 0 Å². The van der Waals surface area contributed by atoms with Gasteiger partial charge in [-0.15, -0.1) is 6.42 Å². The van der Waals surface area contributed by atoms with Crippen LogP contribution in [0.2, 0.25) is 0 Å². The Kier molecular flexibility index (Phi) is 3.61. The molecule has 0 bridgehead atoms. The normalized spacial score (nSPS) is 10.9. The lowest BCUT2D eigenvalue weighted by Gasteiger charge is -2.08. The van der Waals surface area contributed by atoms with E-state index in [0.717, 1.165) is 23.8 Å². The van der Waals surface area contributed by atoms with Gasteiger partial charge in [-0.3, -0.25) is 0 Å². The van der Waals surface area contributed by atoms with Gasteiger partial charge in [0.1, 0.15) is 17.3 Å². The fraction of sp³-hybridized carbons (Fsp3) is 0.429. The Labute approximate surface area is 113 Å². The van der Waals surface area contributed by atoms with Crippen molar-refractivity contribution in [3.63, 3.8) is 0 Å². The zero-order valence-corrected chi connectivity index (χ0v) is 11.6. The average molecular weight is 257 g/mol. The first-order chi connectivity index (χ1) is 9.10. The summed E-state index contributed by atoms with van der Waals surface area (Å²) in [6.07, 6.45) is 8.98. The molecule has 0 saturated carbocycles. The minimum Gasteiger partial charge on any atom is -0.383 e. The van der Waals surface area contributed by atoms with Crippen molar-refractivity contribution < 1.29 is 0 Å². The molecule has 0 aliphatic rings. The molecule has 0 saturated heterocycles. The molecule has 0 spiro atoms. The molecule has 0 atom stereocenters. The molecule has 0 unspecified atom stereocenters. The summed E-state index contributed by atoms with van der Waals surface area (Å²) in [5.74, 6) is 4.41. The van der Waals surface area contributed by atoms with Crippen LogP contribution in [0.4, 0.5) is 5.82 Å². The predicted octanol–water partition coefficient (Wildman–Crippen LogP) is 2.11. The fourth-order valence-corrected chi connectivity index (χ4v) is 2.14. The Hall–Kier alpha value is -2.22. The number of nitrogen functional groups attached to an aromatic ring is 1. The van der Waals surface area contributed by atoms with E-state index in [1.807, 2.05) is 9.13 Å². The van der Waals surface area contributed by atoms with E-state index < -0.39 is 0 Å². The SMILES string of the molecule is C#CCn1c(C(C)C)nc(-c2cncn2CC)c1N. The second-order valence-corrected chi connectivity index (χ2v) is 4.71. The maximum Gasteiger partial charge on any atom is 0.134 e.